The third-order valence-electron chi connectivity index (χ3n) is 2.33. The highest BCUT2D eigenvalue weighted by atomic mass is 16.5. The highest BCUT2D eigenvalue weighted by Crippen LogP contribution is 2.03. The monoisotopic (exact) mass is 275 g/mol. The van der Waals surface area contributed by atoms with Crippen LogP contribution in [0.4, 0.5) is 0 Å². The number of ether oxygens (including phenoxy) is 1. The molecule has 0 spiro atoms. The number of Topliss-reactive ketones (excluding diaryl/α,β-unsaturated/α-hetero) is 1. The second kappa shape index (κ2) is 12.9. The fourth-order valence-corrected chi connectivity index (χ4v) is 1.39. The Bertz CT molecular complexity index is 339. The summed E-state index contributed by atoms with van der Waals surface area (Å²) in [4.78, 5) is 12.9. The van der Waals surface area contributed by atoms with Crippen molar-refractivity contribution in [2.45, 2.75) is 32.2 Å². The van der Waals surface area contributed by atoms with Crippen LogP contribution in [-0.4, -0.2) is 46.3 Å². The summed E-state index contributed by atoms with van der Waals surface area (Å²) in [5.41, 5.74) is 1.18. The maximum Gasteiger partial charge on any atom is 0.124 e. The van der Waals surface area contributed by atoms with Gasteiger partial charge in [0.1, 0.15) is 5.78 Å². The molecule has 0 saturated heterocycles. The number of ketones is 1. The molecule has 1 rings (SSSR count). The van der Waals surface area contributed by atoms with Gasteiger partial charge in [0.05, 0.1) is 14.5 Å². The van der Waals surface area contributed by atoms with Crippen LogP contribution in [0.25, 0.3) is 0 Å². The zero-order valence-electron chi connectivity index (χ0n) is 13.0. The van der Waals surface area contributed by atoms with Crippen molar-refractivity contribution in [1.29, 1.82) is 0 Å². The van der Waals surface area contributed by atoms with E-state index in [-0.39, 0.29) is 12.1 Å². The van der Waals surface area contributed by atoms with Crippen molar-refractivity contribution in [2.24, 2.45) is 0 Å². The Balaban J connectivity index is 0.000000796. The third kappa shape index (κ3) is 13.3. The van der Waals surface area contributed by atoms with Crippen LogP contribution in [0.1, 0.15) is 24.8 Å². The van der Waals surface area contributed by atoms with Crippen LogP contribution in [0.5, 0.6) is 0 Å². The van der Waals surface area contributed by atoms with E-state index >= 15 is 0 Å². The van der Waals surface area contributed by atoms with Crippen LogP contribution in [-0.2, 0) is 16.1 Å². The molecule has 110 valence electrons. The molecule has 2 radical (unpaired) electrons. The van der Waals surface area contributed by atoms with Gasteiger partial charge >= 0.3 is 0 Å². The maximum absolute atomic E-state index is 10.9. The van der Waals surface area contributed by atoms with E-state index in [2.05, 4.69) is 0 Å². The molecule has 0 N–H and O–H groups in total. The first-order valence-electron chi connectivity index (χ1n) is 7.00. The van der Waals surface area contributed by atoms with Crippen LogP contribution in [0.3, 0.4) is 0 Å². The first kappa shape index (κ1) is 18.9. The average Bonchev–Trinajstić information content (AvgIpc) is 2.43. The van der Waals surface area contributed by atoms with Gasteiger partial charge in [0.2, 0.25) is 0 Å². The van der Waals surface area contributed by atoms with Gasteiger partial charge in [-0.1, -0.05) is 30.3 Å². The number of hydrogen-bond donors (Lipinski definition) is 0. The van der Waals surface area contributed by atoms with E-state index < -0.39 is 0 Å². The molecule has 0 unspecified atom stereocenters. The summed E-state index contributed by atoms with van der Waals surface area (Å²) < 4.78 is 5.49. The molecule has 0 aliphatic rings. The maximum atomic E-state index is 10.9. The smallest absolute Gasteiger partial charge is 0.124 e. The number of carbonyl (C=O) groups is 1. The van der Waals surface area contributed by atoms with Crippen molar-refractivity contribution in [1.82, 2.24) is 4.90 Å². The molecule has 4 heteroatoms. The van der Waals surface area contributed by atoms with Crippen molar-refractivity contribution in [3.8, 4) is 0 Å². The van der Waals surface area contributed by atoms with Gasteiger partial charge in [-0.05, 0) is 45.9 Å². The summed E-state index contributed by atoms with van der Waals surface area (Å²) in [7, 11) is 11.2. The summed E-state index contributed by atoms with van der Waals surface area (Å²) in [6, 6.07) is 10.1. The largest absolute Gasteiger partial charge is 0.377 e. The van der Waals surface area contributed by atoms with Crippen molar-refractivity contribution in [3.63, 3.8) is 0 Å². The van der Waals surface area contributed by atoms with Crippen molar-refractivity contribution >= 4 is 13.6 Å². The molecule has 0 bridgehead atoms. The Morgan fingerprint density at radius 2 is 1.75 bits per heavy atom. The second-order valence-corrected chi connectivity index (χ2v) is 5.08. The quantitative estimate of drug-likeness (QED) is 0.539. The fraction of sp³-hybridized carbons (Fsp3) is 0.562. The van der Waals surface area contributed by atoms with Gasteiger partial charge in [0.15, 0.2) is 0 Å². The predicted molar refractivity (Wildman–Crippen MR) is 85.1 cm³/mol. The second-order valence-electron chi connectivity index (χ2n) is 5.08. The van der Waals surface area contributed by atoms with Gasteiger partial charge in [-0.25, -0.2) is 0 Å². The third-order valence-corrected chi connectivity index (χ3v) is 2.33. The molecule has 1 aromatic carbocycles. The number of rotatable bonds is 8. The van der Waals surface area contributed by atoms with Crippen LogP contribution in [0, 0.1) is 0 Å². The van der Waals surface area contributed by atoms with Gasteiger partial charge < -0.3 is 14.4 Å². The van der Waals surface area contributed by atoms with Gasteiger partial charge in [0.25, 0.3) is 0 Å². The summed E-state index contributed by atoms with van der Waals surface area (Å²) >= 11 is 0. The van der Waals surface area contributed by atoms with E-state index in [1.54, 1.807) is 0 Å². The normalized spacial score (nSPS) is 10.0. The van der Waals surface area contributed by atoms with Gasteiger partial charge in [-0.2, -0.15) is 0 Å². The van der Waals surface area contributed by atoms with E-state index in [1.807, 2.05) is 56.4 Å². The molecule has 0 heterocycles. The zero-order chi connectivity index (χ0) is 15.2. The number of carbonyl (C=O) groups excluding carboxylic acids is 1. The number of nitrogens with zero attached hydrogens (tertiary/aromatic N) is 1. The molecular formula is C16H26BNO2. The molecule has 0 amide bonds. The van der Waals surface area contributed by atoms with Crippen LogP contribution in [0.15, 0.2) is 30.3 Å². The molecule has 0 aliphatic carbocycles. The summed E-state index contributed by atoms with van der Waals surface area (Å²) in [5, 5.41) is 0. The van der Waals surface area contributed by atoms with E-state index in [0.717, 1.165) is 12.8 Å². The Morgan fingerprint density at radius 3 is 2.30 bits per heavy atom. The molecule has 0 fully saturated rings. The van der Waals surface area contributed by atoms with Crippen LogP contribution >= 0.6 is 0 Å². The van der Waals surface area contributed by atoms with Crippen LogP contribution < -0.4 is 0 Å². The average molecular weight is 275 g/mol. The lowest BCUT2D eigenvalue weighted by Crippen LogP contribution is -1.99. The Hall–Kier alpha value is -1.13. The molecule has 20 heavy (non-hydrogen) atoms. The molecule has 3 nitrogen and oxygen atoms in total. The predicted octanol–water partition coefficient (Wildman–Crippen LogP) is 2.71. The lowest BCUT2D eigenvalue weighted by Gasteiger charge is -2.03. The standard InChI is InChI=1S/C13H17BO2.C3H9N/c14-10-13(15)8-4-5-9-16-11-12-6-2-1-3-7-12;1-4(2)3/h1-3,6-7H,4-5,8-11H2;1-3H3. The van der Waals surface area contributed by atoms with Gasteiger partial charge in [0, 0.05) is 13.0 Å². The summed E-state index contributed by atoms with van der Waals surface area (Å²) in [5.74, 6) is 0.128. The topological polar surface area (TPSA) is 29.5 Å². The van der Waals surface area contributed by atoms with Gasteiger partial charge in [-0.15, -0.1) is 0 Å². The molecule has 0 aliphatic heterocycles. The molecule has 0 aromatic heterocycles. The number of unbranched alkanes of at least 4 members (excludes halogenated alkanes) is 1. The molecular weight excluding hydrogens is 249 g/mol. The SMILES string of the molecule is CN(C)C.[B]CC(=O)CCCCOCc1ccccc1. The fourth-order valence-electron chi connectivity index (χ4n) is 1.39. The molecule has 1 aromatic rings. The minimum absolute atomic E-state index is 0.128. The van der Waals surface area contributed by atoms with Crippen molar-refractivity contribution < 1.29 is 9.53 Å². The van der Waals surface area contributed by atoms with Crippen molar-refractivity contribution in [3.05, 3.63) is 35.9 Å². The lowest BCUT2D eigenvalue weighted by atomic mass is 9.98. The Kier molecular flexibility index (Phi) is 12.2. The van der Waals surface area contributed by atoms with E-state index in [4.69, 9.17) is 12.6 Å². The van der Waals surface area contributed by atoms with Crippen LogP contribution in [0.2, 0.25) is 6.32 Å². The molecule has 0 atom stereocenters. The number of benzene rings is 1. The highest BCUT2D eigenvalue weighted by molar-refractivity contribution is 6.20. The van der Waals surface area contributed by atoms with Crippen molar-refractivity contribution in [2.75, 3.05) is 27.7 Å². The zero-order valence-corrected chi connectivity index (χ0v) is 13.0. The summed E-state index contributed by atoms with van der Waals surface area (Å²) in [6.07, 6.45) is 2.51. The van der Waals surface area contributed by atoms with E-state index in [1.165, 1.54) is 5.56 Å². The Labute approximate surface area is 124 Å². The van der Waals surface area contributed by atoms with E-state index in [9.17, 15) is 4.79 Å². The first-order chi connectivity index (χ1) is 9.56. The Morgan fingerprint density at radius 1 is 1.15 bits per heavy atom. The molecule has 0 saturated carbocycles. The lowest BCUT2D eigenvalue weighted by molar-refractivity contribution is -0.117. The first-order valence-corrected chi connectivity index (χ1v) is 7.00. The van der Waals surface area contributed by atoms with E-state index in [0.29, 0.717) is 19.6 Å². The number of hydrogen-bond acceptors (Lipinski definition) is 3. The minimum Gasteiger partial charge on any atom is -0.377 e. The highest BCUT2D eigenvalue weighted by Gasteiger charge is 1.97. The van der Waals surface area contributed by atoms with Gasteiger partial charge in [-0.3, -0.25) is 0 Å². The summed E-state index contributed by atoms with van der Waals surface area (Å²) in [6.45, 7) is 1.35. The minimum atomic E-state index is 0.128.